The number of likely N-dealkylation sites (N-methyl/N-ethyl adjacent to an activating group) is 1. The van der Waals surface area contributed by atoms with Crippen LogP contribution in [0.4, 0.5) is 0 Å². The quantitative estimate of drug-likeness (QED) is 0.710. The van der Waals surface area contributed by atoms with Crippen molar-refractivity contribution in [2.75, 3.05) is 20.1 Å². The van der Waals surface area contributed by atoms with Gasteiger partial charge in [-0.2, -0.15) is 15.8 Å². The lowest BCUT2D eigenvalue weighted by molar-refractivity contribution is -0.878. The molecule has 6 heteroatoms. The molecule has 1 saturated carbocycles. The first-order valence-corrected chi connectivity index (χ1v) is 8.85. The highest BCUT2D eigenvalue weighted by Crippen LogP contribution is 2.52. The summed E-state index contributed by atoms with van der Waals surface area (Å²) in [5.41, 5.74) is 0.0496. The summed E-state index contributed by atoms with van der Waals surface area (Å²) in [4.78, 5) is 1.27. The molecule has 1 aliphatic carbocycles. The average molecular weight is 395 g/mol. The minimum Gasteiger partial charge on any atom is -0.334 e. The van der Waals surface area contributed by atoms with Gasteiger partial charge in [0.15, 0.2) is 5.41 Å². The van der Waals surface area contributed by atoms with Crippen LogP contribution in [0.1, 0.15) is 11.5 Å². The van der Waals surface area contributed by atoms with E-state index in [0.717, 1.165) is 28.7 Å². The van der Waals surface area contributed by atoms with Gasteiger partial charge in [0.2, 0.25) is 0 Å². The van der Waals surface area contributed by atoms with Crippen molar-refractivity contribution in [2.24, 2.45) is 17.3 Å². The van der Waals surface area contributed by atoms with E-state index in [1.54, 1.807) is 0 Å². The maximum Gasteiger partial charge on any atom is 0.189 e. The highest BCUT2D eigenvalue weighted by atomic mass is 79.9. The number of hydrogen-bond acceptors (Lipinski definition) is 4. The molecular weight excluding hydrogens is 378 g/mol. The van der Waals surface area contributed by atoms with Crippen LogP contribution in [-0.2, 0) is 0 Å². The Labute approximate surface area is 155 Å². The van der Waals surface area contributed by atoms with Gasteiger partial charge in [-0.25, -0.2) is 0 Å². The molecule has 0 aromatic heterocycles. The number of nitriles is 3. The lowest BCUT2D eigenvalue weighted by atomic mass is 9.54. The van der Waals surface area contributed by atoms with Crippen LogP contribution < -0.4 is 4.90 Å². The molecule has 1 aromatic carbocycles. The van der Waals surface area contributed by atoms with Crippen molar-refractivity contribution in [2.45, 2.75) is 5.92 Å². The Bertz CT molecular complexity index is 851. The van der Waals surface area contributed by atoms with Gasteiger partial charge in [0.05, 0.1) is 44.1 Å². The molecule has 0 spiro atoms. The standard InChI is InChI=1S/C19H16BrN5/c1-25-7-6-14-15(8-21)18(24)19(10-22,11-23)17(16(14)9-25)12-2-4-13(20)5-3-12/h2-6,15-17,24H,7,9H2,1H3/p+1/t15?,16-,17+/m1/s1. The zero-order chi connectivity index (χ0) is 18.2. The second-order valence-electron chi connectivity index (χ2n) is 6.71. The number of rotatable bonds is 1. The fraction of sp³-hybridized carbons (Fsp3) is 0.368. The minimum absolute atomic E-state index is 0.0880. The Balaban J connectivity index is 2.25. The van der Waals surface area contributed by atoms with Gasteiger partial charge in [0.1, 0.15) is 5.92 Å². The van der Waals surface area contributed by atoms with Crippen molar-refractivity contribution in [1.82, 2.24) is 0 Å². The number of nitrogens with one attached hydrogen (secondary N) is 2. The first kappa shape index (κ1) is 17.4. The largest absolute Gasteiger partial charge is 0.334 e. The summed E-state index contributed by atoms with van der Waals surface area (Å²) in [5, 5.41) is 38.0. The highest BCUT2D eigenvalue weighted by molar-refractivity contribution is 9.10. The second-order valence-corrected chi connectivity index (χ2v) is 7.63. The molecule has 1 aliphatic heterocycles. The molecule has 25 heavy (non-hydrogen) atoms. The molecule has 2 N–H and O–H groups in total. The van der Waals surface area contributed by atoms with Gasteiger partial charge in [-0.15, -0.1) is 0 Å². The third kappa shape index (κ3) is 2.57. The van der Waals surface area contributed by atoms with Crippen LogP contribution in [-0.4, -0.2) is 25.8 Å². The lowest BCUT2D eigenvalue weighted by Gasteiger charge is -2.46. The van der Waals surface area contributed by atoms with Crippen molar-refractivity contribution >= 4 is 21.6 Å². The van der Waals surface area contributed by atoms with Gasteiger partial charge in [0, 0.05) is 16.3 Å². The summed E-state index contributed by atoms with van der Waals surface area (Å²) in [6.07, 6.45) is 2.02. The molecular formula is C19H17BrN5+. The first-order chi connectivity index (χ1) is 12.0. The number of nitrogens with zero attached hydrogens (tertiary/aromatic N) is 3. The zero-order valence-electron chi connectivity index (χ0n) is 13.8. The van der Waals surface area contributed by atoms with Crippen molar-refractivity contribution in [3.05, 3.63) is 46.0 Å². The van der Waals surface area contributed by atoms with Crippen LogP contribution in [0.15, 0.2) is 40.4 Å². The SMILES string of the molecule is C[NH+]1CC=C2C(C#N)C(=N)C(C#N)(C#N)[C@@H](c3ccc(Br)cc3)[C@@H]2C1. The van der Waals surface area contributed by atoms with Gasteiger partial charge >= 0.3 is 0 Å². The van der Waals surface area contributed by atoms with Crippen LogP contribution in [0, 0.1) is 56.7 Å². The Kier molecular flexibility index (Phi) is 4.48. The summed E-state index contributed by atoms with van der Waals surface area (Å²) in [5.74, 6) is -1.34. The number of benzene rings is 1. The first-order valence-electron chi connectivity index (χ1n) is 8.06. The van der Waals surface area contributed by atoms with E-state index in [1.807, 2.05) is 30.3 Å². The van der Waals surface area contributed by atoms with Gasteiger partial charge in [0.25, 0.3) is 0 Å². The summed E-state index contributed by atoms with van der Waals surface area (Å²) in [6, 6.07) is 14.0. The number of fused-ring (bicyclic) bond motifs is 1. The molecule has 0 bridgehead atoms. The fourth-order valence-corrected chi connectivity index (χ4v) is 4.37. The monoisotopic (exact) mass is 394 g/mol. The van der Waals surface area contributed by atoms with Crippen LogP contribution in [0.5, 0.6) is 0 Å². The van der Waals surface area contributed by atoms with Crippen molar-refractivity contribution in [1.29, 1.82) is 21.2 Å². The van der Waals surface area contributed by atoms with Gasteiger partial charge in [-0.1, -0.05) is 28.1 Å². The molecule has 124 valence electrons. The van der Waals surface area contributed by atoms with Crippen LogP contribution in [0.2, 0.25) is 0 Å². The fourth-order valence-electron chi connectivity index (χ4n) is 4.10. The van der Waals surface area contributed by atoms with Crippen molar-refractivity contribution in [3.8, 4) is 18.2 Å². The topological polar surface area (TPSA) is 99.7 Å². The van der Waals surface area contributed by atoms with E-state index in [1.165, 1.54) is 4.90 Å². The third-order valence-corrected chi connectivity index (χ3v) is 5.84. The van der Waals surface area contributed by atoms with Gasteiger partial charge in [-0.3, -0.25) is 0 Å². The molecule has 2 aliphatic rings. The number of quaternary nitrogens is 1. The Morgan fingerprint density at radius 2 is 1.84 bits per heavy atom. The van der Waals surface area contributed by atoms with Gasteiger partial charge < -0.3 is 10.3 Å². The van der Waals surface area contributed by atoms with Crippen molar-refractivity contribution in [3.63, 3.8) is 0 Å². The molecule has 5 nitrogen and oxygen atoms in total. The van der Waals surface area contributed by atoms with Crippen LogP contribution >= 0.6 is 15.9 Å². The van der Waals surface area contributed by atoms with E-state index in [-0.39, 0.29) is 11.6 Å². The van der Waals surface area contributed by atoms with Crippen LogP contribution in [0.3, 0.4) is 0 Å². The molecule has 2 unspecified atom stereocenters. The summed E-state index contributed by atoms with van der Waals surface area (Å²) in [6.45, 7) is 1.53. The number of halogens is 1. The van der Waals surface area contributed by atoms with E-state index in [2.05, 4.69) is 41.2 Å². The Morgan fingerprint density at radius 3 is 2.40 bits per heavy atom. The zero-order valence-corrected chi connectivity index (χ0v) is 15.3. The third-order valence-electron chi connectivity index (χ3n) is 5.31. The Hall–Kier alpha value is -2.46. The highest BCUT2D eigenvalue weighted by Gasteiger charge is 2.58. The van der Waals surface area contributed by atoms with E-state index < -0.39 is 17.3 Å². The molecule has 0 saturated heterocycles. The normalized spacial score (nSPS) is 30.2. The molecule has 0 radical (unpaired) electrons. The summed E-state index contributed by atoms with van der Waals surface area (Å²) in [7, 11) is 2.06. The Morgan fingerprint density at radius 1 is 1.20 bits per heavy atom. The predicted molar refractivity (Wildman–Crippen MR) is 95.6 cm³/mol. The maximum absolute atomic E-state index is 9.91. The summed E-state index contributed by atoms with van der Waals surface area (Å²) < 4.78 is 0.915. The van der Waals surface area contributed by atoms with E-state index in [4.69, 9.17) is 5.41 Å². The molecule has 3 rings (SSSR count). The smallest absolute Gasteiger partial charge is 0.189 e. The van der Waals surface area contributed by atoms with E-state index >= 15 is 0 Å². The molecule has 1 aromatic rings. The lowest BCUT2D eigenvalue weighted by Crippen LogP contribution is -3.10. The van der Waals surface area contributed by atoms with Crippen molar-refractivity contribution < 1.29 is 4.90 Å². The maximum atomic E-state index is 9.91. The second kappa shape index (κ2) is 6.45. The molecule has 1 heterocycles. The minimum atomic E-state index is -1.62. The molecule has 4 atom stereocenters. The molecule has 1 fully saturated rings. The predicted octanol–water partition coefficient (Wildman–Crippen LogP) is 1.81. The van der Waals surface area contributed by atoms with Crippen LogP contribution in [0.25, 0.3) is 0 Å². The van der Waals surface area contributed by atoms with Gasteiger partial charge in [-0.05, 0) is 29.3 Å². The average Bonchev–Trinajstić information content (AvgIpc) is 2.62. The molecule has 0 amide bonds. The number of hydrogen-bond donors (Lipinski definition) is 2. The van der Waals surface area contributed by atoms with E-state index in [0.29, 0.717) is 0 Å². The summed E-state index contributed by atoms with van der Waals surface area (Å²) >= 11 is 3.41. The van der Waals surface area contributed by atoms with E-state index in [9.17, 15) is 15.8 Å².